The summed E-state index contributed by atoms with van der Waals surface area (Å²) >= 11 is 13.5. The normalized spacial score (nSPS) is 10.8. The first-order valence-corrected chi connectivity index (χ1v) is 10.9. The molecule has 0 saturated carbocycles. The molecule has 1 N–H and O–H groups in total. The zero-order chi connectivity index (χ0) is 22.1. The minimum Gasteiger partial charge on any atom is -0.478 e. The lowest BCUT2D eigenvalue weighted by Crippen LogP contribution is -2.03. The second-order valence-corrected chi connectivity index (χ2v) is 8.51. The minimum atomic E-state index is -1.07. The Kier molecular flexibility index (Phi) is 5.92. The maximum atomic E-state index is 12.0. The highest BCUT2D eigenvalue weighted by molar-refractivity contribution is 7.13. The second-order valence-electron chi connectivity index (χ2n) is 6.83. The van der Waals surface area contributed by atoms with Gasteiger partial charge in [-0.05, 0) is 36.2 Å². The third-order valence-electron chi connectivity index (χ3n) is 4.81. The molecule has 0 unspecified atom stereocenters. The van der Waals surface area contributed by atoms with Gasteiger partial charge in [0, 0.05) is 22.1 Å². The Bertz CT molecular complexity index is 1330. The molecule has 7 heteroatoms. The molecular formula is C24H15Cl2NO3S. The van der Waals surface area contributed by atoms with Gasteiger partial charge in [-0.1, -0.05) is 65.7 Å². The van der Waals surface area contributed by atoms with E-state index in [0.717, 1.165) is 11.3 Å². The summed E-state index contributed by atoms with van der Waals surface area (Å²) in [5.41, 5.74) is 3.89. The fourth-order valence-electron chi connectivity index (χ4n) is 3.31. The number of carbonyl (C=O) groups excluding carboxylic acids is 1. The number of carboxylic acids is 1. The van der Waals surface area contributed by atoms with Gasteiger partial charge >= 0.3 is 5.97 Å². The van der Waals surface area contributed by atoms with E-state index in [0.29, 0.717) is 37.3 Å². The molecule has 0 aliphatic heterocycles. The molecule has 0 bridgehead atoms. The number of thiazole rings is 1. The zero-order valence-corrected chi connectivity index (χ0v) is 18.6. The van der Waals surface area contributed by atoms with Crippen molar-refractivity contribution in [2.45, 2.75) is 6.92 Å². The third kappa shape index (κ3) is 4.26. The quantitative estimate of drug-likeness (QED) is 0.311. The van der Waals surface area contributed by atoms with Crippen molar-refractivity contribution in [3.63, 3.8) is 0 Å². The lowest BCUT2D eigenvalue weighted by Gasteiger charge is -2.11. The first-order valence-electron chi connectivity index (χ1n) is 9.24. The summed E-state index contributed by atoms with van der Waals surface area (Å²) in [6, 6.07) is 17.4. The van der Waals surface area contributed by atoms with Crippen molar-refractivity contribution in [2.75, 3.05) is 0 Å². The molecule has 154 valence electrons. The van der Waals surface area contributed by atoms with Gasteiger partial charge in [-0.2, -0.15) is 0 Å². The van der Waals surface area contributed by atoms with E-state index in [2.05, 4.69) is 4.98 Å². The van der Waals surface area contributed by atoms with Crippen LogP contribution in [0, 0.1) is 0 Å². The van der Waals surface area contributed by atoms with E-state index in [1.807, 2.05) is 17.5 Å². The van der Waals surface area contributed by atoms with E-state index < -0.39 is 5.97 Å². The minimum absolute atomic E-state index is 0.109. The van der Waals surface area contributed by atoms with Gasteiger partial charge in [0.1, 0.15) is 5.01 Å². The Hall–Kier alpha value is -2.99. The highest BCUT2D eigenvalue weighted by Crippen LogP contribution is 2.35. The van der Waals surface area contributed by atoms with E-state index >= 15 is 0 Å². The molecule has 0 fully saturated rings. The molecule has 1 aromatic heterocycles. The van der Waals surface area contributed by atoms with Crippen molar-refractivity contribution in [1.82, 2.24) is 4.98 Å². The molecule has 1 heterocycles. The molecular weight excluding hydrogens is 453 g/mol. The number of hydrogen-bond acceptors (Lipinski definition) is 4. The lowest BCUT2D eigenvalue weighted by molar-refractivity contribution is 0.0697. The van der Waals surface area contributed by atoms with Gasteiger partial charge in [0.2, 0.25) is 0 Å². The van der Waals surface area contributed by atoms with Gasteiger partial charge in [-0.3, -0.25) is 4.79 Å². The molecule has 4 aromatic rings. The number of aromatic nitrogens is 1. The smallest absolute Gasteiger partial charge is 0.336 e. The summed E-state index contributed by atoms with van der Waals surface area (Å²) in [5, 5.41) is 13.3. The van der Waals surface area contributed by atoms with Crippen molar-refractivity contribution in [3.8, 4) is 33.0 Å². The van der Waals surface area contributed by atoms with E-state index in [9.17, 15) is 14.7 Å². The van der Waals surface area contributed by atoms with Crippen molar-refractivity contribution in [3.05, 3.63) is 87.2 Å². The van der Waals surface area contributed by atoms with Gasteiger partial charge in [-0.25, -0.2) is 9.78 Å². The van der Waals surface area contributed by atoms with Crippen molar-refractivity contribution in [1.29, 1.82) is 0 Å². The molecule has 0 saturated heterocycles. The fourth-order valence-corrected chi connectivity index (χ4v) is 4.43. The van der Waals surface area contributed by atoms with Crippen LogP contribution in [-0.4, -0.2) is 21.8 Å². The Morgan fingerprint density at radius 2 is 1.58 bits per heavy atom. The molecule has 4 nitrogen and oxygen atoms in total. The highest BCUT2D eigenvalue weighted by atomic mass is 35.5. The maximum Gasteiger partial charge on any atom is 0.336 e. The number of ketones is 1. The van der Waals surface area contributed by atoms with Crippen LogP contribution in [0.25, 0.3) is 33.0 Å². The van der Waals surface area contributed by atoms with Crippen LogP contribution in [0.3, 0.4) is 0 Å². The molecule has 3 aromatic carbocycles. The van der Waals surface area contributed by atoms with E-state index in [4.69, 9.17) is 23.2 Å². The number of hydrogen-bond donors (Lipinski definition) is 1. The SMILES string of the molecule is CC(=O)c1ccccc1-c1ccc(-c2nc(-c3ccc(Cl)c(Cl)c3)cs2)cc1C(=O)O. The van der Waals surface area contributed by atoms with Gasteiger partial charge in [0.25, 0.3) is 0 Å². The Morgan fingerprint density at radius 3 is 2.29 bits per heavy atom. The number of carboxylic acid groups (broad SMARTS) is 1. The summed E-state index contributed by atoms with van der Waals surface area (Å²) in [7, 11) is 0. The number of Topliss-reactive ketones (excluding diaryl/α,β-unsaturated/α-hetero) is 1. The first kappa shape index (κ1) is 21.2. The molecule has 0 aliphatic carbocycles. The van der Waals surface area contributed by atoms with Crippen molar-refractivity contribution in [2.24, 2.45) is 0 Å². The topological polar surface area (TPSA) is 67.3 Å². The fraction of sp³-hybridized carbons (Fsp3) is 0.0417. The summed E-state index contributed by atoms with van der Waals surface area (Å²) in [6.07, 6.45) is 0. The zero-order valence-electron chi connectivity index (χ0n) is 16.2. The Labute approximate surface area is 192 Å². The number of carbonyl (C=O) groups is 2. The number of aromatic carboxylic acids is 1. The van der Waals surface area contributed by atoms with Gasteiger partial charge in [-0.15, -0.1) is 11.3 Å². The molecule has 31 heavy (non-hydrogen) atoms. The number of rotatable bonds is 5. The van der Waals surface area contributed by atoms with Crippen LogP contribution in [0.1, 0.15) is 27.6 Å². The number of halogens is 2. The predicted octanol–water partition coefficient (Wildman–Crippen LogP) is 7.35. The van der Waals surface area contributed by atoms with Crippen LogP contribution in [0.2, 0.25) is 10.0 Å². The number of benzene rings is 3. The monoisotopic (exact) mass is 467 g/mol. The van der Waals surface area contributed by atoms with Gasteiger partial charge in [0.05, 0.1) is 21.3 Å². The van der Waals surface area contributed by atoms with Crippen LogP contribution in [-0.2, 0) is 0 Å². The van der Waals surface area contributed by atoms with E-state index in [1.165, 1.54) is 18.3 Å². The average Bonchev–Trinajstić information content (AvgIpc) is 3.25. The van der Waals surface area contributed by atoms with Crippen molar-refractivity contribution >= 4 is 46.3 Å². The van der Waals surface area contributed by atoms with Crippen LogP contribution in [0.4, 0.5) is 0 Å². The molecule has 0 atom stereocenters. The maximum absolute atomic E-state index is 12.0. The Balaban J connectivity index is 1.78. The molecule has 0 amide bonds. The summed E-state index contributed by atoms with van der Waals surface area (Å²) in [4.78, 5) is 28.7. The molecule has 4 rings (SSSR count). The van der Waals surface area contributed by atoms with Crippen LogP contribution in [0.5, 0.6) is 0 Å². The predicted molar refractivity (Wildman–Crippen MR) is 125 cm³/mol. The Morgan fingerprint density at radius 1 is 0.871 bits per heavy atom. The molecule has 0 radical (unpaired) electrons. The van der Waals surface area contributed by atoms with Crippen molar-refractivity contribution < 1.29 is 14.7 Å². The average molecular weight is 468 g/mol. The van der Waals surface area contributed by atoms with Gasteiger partial charge < -0.3 is 5.11 Å². The van der Waals surface area contributed by atoms with Gasteiger partial charge in [0.15, 0.2) is 5.78 Å². The van der Waals surface area contributed by atoms with Crippen LogP contribution < -0.4 is 0 Å². The second kappa shape index (κ2) is 8.63. The lowest BCUT2D eigenvalue weighted by atomic mass is 9.92. The van der Waals surface area contributed by atoms with E-state index in [-0.39, 0.29) is 11.3 Å². The summed E-state index contributed by atoms with van der Waals surface area (Å²) < 4.78 is 0. The molecule has 0 aliphatic rings. The standard InChI is InChI=1S/C24H15Cl2NO3S/c1-13(28)16-4-2-3-5-17(16)18-8-6-15(10-19(18)24(29)30)23-27-22(12-31-23)14-7-9-20(25)21(26)11-14/h2-12H,1H3,(H,29,30). The summed E-state index contributed by atoms with van der Waals surface area (Å²) in [5.74, 6) is -1.20. The largest absolute Gasteiger partial charge is 0.478 e. The van der Waals surface area contributed by atoms with Crippen LogP contribution >= 0.6 is 34.5 Å². The van der Waals surface area contributed by atoms with E-state index in [1.54, 1.807) is 48.5 Å². The summed E-state index contributed by atoms with van der Waals surface area (Å²) in [6.45, 7) is 1.47. The number of nitrogens with zero attached hydrogens (tertiary/aromatic N) is 1. The van der Waals surface area contributed by atoms with Crippen LogP contribution in [0.15, 0.2) is 66.0 Å². The first-order chi connectivity index (χ1) is 14.8. The highest BCUT2D eigenvalue weighted by Gasteiger charge is 2.18. The third-order valence-corrected chi connectivity index (χ3v) is 6.44. The molecule has 0 spiro atoms.